The van der Waals surface area contributed by atoms with Crippen molar-refractivity contribution in [1.82, 2.24) is 9.88 Å². The summed E-state index contributed by atoms with van der Waals surface area (Å²) >= 11 is 3.50. The first-order chi connectivity index (χ1) is 10.2. The Bertz CT molecular complexity index is 517. The highest BCUT2D eigenvalue weighted by Gasteiger charge is 2.52. The summed E-state index contributed by atoms with van der Waals surface area (Å²) < 4.78 is 0.965. The molecular weight excluding hydrogens is 328 g/mol. The lowest BCUT2D eigenvalue weighted by atomic mass is 9.63. The van der Waals surface area contributed by atoms with Crippen molar-refractivity contribution in [3.8, 4) is 0 Å². The fraction of sp³-hybridized carbons (Fsp3) is 0.706. The molecule has 0 spiro atoms. The Kier molecular flexibility index (Phi) is 3.59. The molecule has 1 saturated heterocycles. The van der Waals surface area contributed by atoms with Gasteiger partial charge in [0.05, 0.1) is 5.60 Å². The summed E-state index contributed by atoms with van der Waals surface area (Å²) in [6.07, 6.45) is 10.0. The maximum atomic E-state index is 11.5. The Labute approximate surface area is 134 Å². The highest BCUT2D eigenvalue weighted by atomic mass is 79.9. The maximum Gasteiger partial charge on any atom is 0.0992 e. The van der Waals surface area contributed by atoms with Crippen LogP contribution < -0.4 is 0 Å². The smallest absolute Gasteiger partial charge is 0.0992 e. The van der Waals surface area contributed by atoms with E-state index in [0.717, 1.165) is 41.9 Å². The molecule has 2 atom stereocenters. The number of halogens is 1. The standard InChI is InChI=1S/C17H23BrN2O/c18-16-6-15(7-19-8-16)17(21)13-2-1-3-14(17)11-20(10-13)9-12-4-5-12/h6-8,12-14,21H,1-5,9-11H2. The molecule has 1 aromatic rings. The van der Waals surface area contributed by atoms with Crippen LogP contribution in [0, 0.1) is 17.8 Å². The first-order valence-electron chi connectivity index (χ1n) is 8.22. The topological polar surface area (TPSA) is 36.4 Å². The second-order valence-electron chi connectivity index (χ2n) is 7.20. The molecule has 1 N–H and O–H groups in total. The van der Waals surface area contributed by atoms with E-state index in [9.17, 15) is 5.11 Å². The average Bonchev–Trinajstić information content (AvgIpc) is 3.24. The highest BCUT2D eigenvalue weighted by Crippen LogP contribution is 2.49. The van der Waals surface area contributed by atoms with E-state index in [1.54, 1.807) is 6.20 Å². The SMILES string of the molecule is OC1(c2cncc(Br)c2)C2CCCC1CN(CC1CC1)C2. The predicted octanol–water partition coefficient (Wildman–Crippen LogP) is 3.17. The van der Waals surface area contributed by atoms with Crippen molar-refractivity contribution in [1.29, 1.82) is 0 Å². The number of rotatable bonds is 3. The number of aliphatic hydroxyl groups is 1. The second-order valence-corrected chi connectivity index (χ2v) is 8.12. The molecule has 3 aliphatic rings. The van der Waals surface area contributed by atoms with Gasteiger partial charge in [-0.2, -0.15) is 0 Å². The Morgan fingerprint density at radius 2 is 1.90 bits per heavy atom. The van der Waals surface area contributed by atoms with Crippen LogP contribution in [-0.2, 0) is 5.60 Å². The van der Waals surface area contributed by atoms with E-state index >= 15 is 0 Å². The molecule has 0 amide bonds. The number of nitrogens with zero attached hydrogens (tertiary/aromatic N) is 2. The van der Waals surface area contributed by atoms with Gasteiger partial charge >= 0.3 is 0 Å². The number of hydrogen-bond donors (Lipinski definition) is 1. The molecule has 1 aromatic heterocycles. The molecule has 3 nitrogen and oxygen atoms in total. The summed E-state index contributed by atoms with van der Waals surface area (Å²) in [4.78, 5) is 6.91. The molecule has 4 heteroatoms. The minimum absolute atomic E-state index is 0.361. The van der Waals surface area contributed by atoms with Gasteiger partial charge < -0.3 is 10.0 Å². The Balaban J connectivity index is 1.62. The number of hydrogen-bond acceptors (Lipinski definition) is 3. The normalized spacial score (nSPS) is 36.7. The summed E-state index contributed by atoms with van der Waals surface area (Å²) in [5, 5.41) is 11.5. The number of aromatic nitrogens is 1. The minimum atomic E-state index is -0.672. The van der Waals surface area contributed by atoms with Crippen LogP contribution in [0.25, 0.3) is 0 Å². The van der Waals surface area contributed by atoms with Gasteiger partial charge in [0.2, 0.25) is 0 Å². The lowest BCUT2D eigenvalue weighted by Gasteiger charge is -2.53. The van der Waals surface area contributed by atoms with E-state index < -0.39 is 5.60 Å². The third-order valence-corrected chi connectivity index (χ3v) is 6.12. The summed E-state index contributed by atoms with van der Waals surface area (Å²) in [5.74, 6) is 1.66. The van der Waals surface area contributed by atoms with Gasteiger partial charge in [-0.1, -0.05) is 6.42 Å². The van der Waals surface area contributed by atoms with Crippen LogP contribution in [0.15, 0.2) is 22.9 Å². The van der Waals surface area contributed by atoms with Crippen LogP contribution in [0.5, 0.6) is 0 Å². The van der Waals surface area contributed by atoms with Gasteiger partial charge in [-0.3, -0.25) is 4.98 Å². The molecule has 3 fully saturated rings. The summed E-state index contributed by atoms with van der Waals surface area (Å²) in [6, 6.07) is 2.06. The largest absolute Gasteiger partial charge is 0.384 e. The predicted molar refractivity (Wildman–Crippen MR) is 85.8 cm³/mol. The first-order valence-corrected chi connectivity index (χ1v) is 9.01. The van der Waals surface area contributed by atoms with E-state index in [1.165, 1.54) is 25.8 Å². The van der Waals surface area contributed by atoms with Crippen LogP contribution in [0.3, 0.4) is 0 Å². The molecule has 2 unspecified atom stereocenters. The Hall–Kier alpha value is -0.450. The van der Waals surface area contributed by atoms with E-state index in [-0.39, 0.29) is 0 Å². The van der Waals surface area contributed by atoms with Crippen molar-refractivity contribution in [2.24, 2.45) is 17.8 Å². The van der Waals surface area contributed by atoms with Gasteiger partial charge in [0.15, 0.2) is 0 Å². The number of fused-ring (bicyclic) bond motifs is 2. The minimum Gasteiger partial charge on any atom is -0.384 e. The van der Waals surface area contributed by atoms with Crippen molar-refractivity contribution in [3.05, 3.63) is 28.5 Å². The molecule has 0 aromatic carbocycles. The fourth-order valence-corrected chi connectivity index (χ4v) is 4.82. The summed E-state index contributed by atoms with van der Waals surface area (Å²) in [7, 11) is 0. The van der Waals surface area contributed by atoms with Gasteiger partial charge in [0.1, 0.15) is 0 Å². The van der Waals surface area contributed by atoms with E-state index in [2.05, 4.69) is 31.9 Å². The van der Waals surface area contributed by atoms with E-state index in [0.29, 0.717) is 11.8 Å². The first kappa shape index (κ1) is 14.2. The quantitative estimate of drug-likeness (QED) is 0.909. The fourth-order valence-electron chi connectivity index (χ4n) is 4.46. The third-order valence-electron chi connectivity index (χ3n) is 5.69. The Morgan fingerprint density at radius 3 is 2.52 bits per heavy atom. The number of piperidine rings is 1. The number of likely N-dealkylation sites (tertiary alicyclic amines) is 1. The van der Waals surface area contributed by atoms with Crippen molar-refractivity contribution in [3.63, 3.8) is 0 Å². The second kappa shape index (κ2) is 5.32. The molecule has 2 bridgehead atoms. The van der Waals surface area contributed by atoms with Gasteiger partial charge in [-0.05, 0) is 53.6 Å². The molecule has 0 radical (unpaired) electrons. The average molecular weight is 351 g/mol. The van der Waals surface area contributed by atoms with Gasteiger partial charge in [-0.15, -0.1) is 0 Å². The summed E-state index contributed by atoms with van der Waals surface area (Å²) in [5.41, 5.74) is 0.340. The molecule has 2 aliphatic carbocycles. The Morgan fingerprint density at radius 1 is 1.19 bits per heavy atom. The molecule has 1 aliphatic heterocycles. The molecule has 21 heavy (non-hydrogen) atoms. The zero-order chi connectivity index (χ0) is 14.4. The van der Waals surface area contributed by atoms with Crippen molar-refractivity contribution < 1.29 is 5.11 Å². The number of pyridine rings is 1. The lowest BCUT2D eigenvalue weighted by Crippen LogP contribution is -2.58. The molecule has 2 heterocycles. The van der Waals surface area contributed by atoms with Crippen LogP contribution >= 0.6 is 15.9 Å². The molecular formula is C17H23BrN2O. The molecule has 4 rings (SSSR count). The zero-order valence-electron chi connectivity index (χ0n) is 12.3. The van der Waals surface area contributed by atoms with Crippen molar-refractivity contribution in [2.75, 3.05) is 19.6 Å². The zero-order valence-corrected chi connectivity index (χ0v) is 13.9. The van der Waals surface area contributed by atoms with Crippen LogP contribution in [0.4, 0.5) is 0 Å². The van der Waals surface area contributed by atoms with Gasteiger partial charge in [-0.25, -0.2) is 0 Å². The van der Waals surface area contributed by atoms with Crippen LogP contribution in [0.2, 0.25) is 0 Å². The van der Waals surface area contributed by atoms with Gasteiger partial charge in [0.25, 0.3) is 0 Å². The summed E-state index contributed by atoms with van der Waals surface area (Å²) in [6.45, 7) is 3.35. The van der Waals surface area contributed by atoms with E-state index in [4.69, 9.17) is 0 Å². The third kappa shape index (κ3) is 2.55. The van der Waals surface area contributed by atoms with Crippen molar-refractivity contribution >= 4 is 15.9 Å². The monoisotopic (exact) mass is 350 g/mol. The molecule has 2 saturated carbocycles. The lowest BCUT2D eigenvalue weighted by molar-refractivity contribution is -0.147. The van der Waals surface area contributed by atoms with E-state index in [1.807, 2.05) is 6.20 Å². The van der Waals surface area contributed by atoms with Crippen molar-refractivity contribution in [2.45, 2.75) is 37.7 Å². The maximum absolute atomic E-state index is 11.5. The molecule has 114 valence electrons. The van der Waals surface area contributed by atoms with Crippen LogP contribution in [0.1, 0.15) is 37.7 Å². The highest BCUT2D eigenvalue weighted by molar-refractivity contribution is 9.10. The van der Waals surface area contributed by atoms with Gasteiger partial charge in [0, 0.05) is 53.9 Å². The van der Waals surface area contributed by atoms with Crippen LogP contribution in [-0.4, -0.2) is 34.6 Å².